The van der Waals surface area contributed by atoms with Gasteiger partial charge in [0, 0.05) is 49.3 Å². The van der Waals surface area contributed by atoms with Crippen molar-refractivity contribution < 1.29 is 9.53 Å². The molecule has 36 heavy (non-hydrogen) atoms. The molecule has 1 fully saturated rings. The largest absolute Gasteiger partial charge is 0.450 e. The van der Waals surface area contributed by atoms with Crippen molar-refractivity contribution in [3.8, 4) is 5.69 Å². The lowest BCUT2D eigenvalue weighted by Gasteiger charge is -2.35. The predicted molar refractivity (Wildman–Crippen MR) is 145 cm³/mol. The lowest BCUT2D eigenvalue weighted by Crippen LogP contribution is -2.49. The number of benzene rings is 1. The van der Waals surface area contributed by atoms with Crippen molar-refractivity contribution in [3.63, 3.8) is 0 Å². The minimum atomic E-state index is -0.313. The molecule has 0 spiro atoms. The lowest BCUT2D eigenvalue weighted by atomic mass is 10.1. The zero-order valence-corrected chi connectivity index (χ0v) is 20.7. The number of aryl methyl sites for hydroxylation is 1. The van der Waals surface area contributed by atoms with E-state index < -0.39 is 0 Å². The SMILES string of the molecule is C=C/C=C(\C=C)Nc1cc(=O)c2c(N3CCN(C(=O)OCC)CC3)nc(C)cc2n1-c1ccccc1. The number of para-hydroxylation sites is 1. The number of amides is 1. The van der Waals surface area contributed by atoms with Crippen LogP contribution >= 0.6 is 0 Å². The number of ether oxygens (including phenoxy) is 1. The van der Waals surface area contributed by atoms with Gasteiger partial charge in [0.2, 0.25) is 0 Å². The van der Waals surface area contributed by atoms with Gasteiger partial charge in [-0.3, -0.25) is 9.36 Å². The van der Waals surface area contributed by atoms with Crippen LogP contribution < -0.4 is 15.6 Å². The van der Waals surface area contributed by atoms with Crippen LogP contribution in [0, 0.1) is 6.92 Å². The topological polar surface area (TPSA) is 79.7 Å². The van der Waals surface area contributed by atoms with Gasteiger partial charge in [0.15, 0.2) is 5.43 Å². The number of aromatic nitrogens is 2. The summed E-state index contributed by atoms with van der Waals surface area (Å²) in [6.07, 6.45) is 4.83. The van der Waals surface area contributed by atoms with Crippen molar-refractivity contribution in [1.29, 1.82) is 0 Å². The predicted octanol–water partition coefficient (Wildman–Crippen LogP) is 4.64. The number of nitrogens with one attached hydrogen (secondary N) is 1. The highest BCUT2D eigenvalue weighted by molar-refractivity contribution is 5.93. The summed E-state index contributed by atoms with van der Waals surface area (Å²) < 4.78 is 7.16. The van der Waals surface area contributed by atoms with Crippen LogP contribution in [0.3, 0.4) is 0 Å². The molecule has 1 amide bonds. The van der Waals surface area contributed by atoms with Gasteiger partial charge in [-0.05, 0) is 44.2 Å². The fraction of sp³-hybridized carbons (Fsp3) is 0.250. The van der Waals surface area contributed by atoms with Gasteiger partial charge in [0.25, 0.3) is 0 Å². The Hall–Kier alpha value is -4.33. The number of piperazine rings is 1. The number of allylic oxidation sites excluding steroid dienone is 3. The van der Waals surface area contributed by atoms with Gasteiger partial charge in [0.05, 0.1) is 17.5 Å². The Bertz CT molecular complexity index is 1370. The Labute approximate surface area is 210 Å². The fourth-order valence-electron chi connectivity index (χ4n) is 4.37. The van der Waals surface area contributed by atoms with Gasteiger partial charge in [-0.15, -0.1) is 0 Å². The Kier molecular flexibility index (Phi) is 7.53. The van der Waals surface area contributed by atoms with E-state index in [2.05, 4.69) is 23.4 Å². The van der Waals surface area contributed by atoms with E-state index >= 15 is 0 Å². The molecule has 2 aromatic heterocycles. The molecule has 0 unspecified atom stereocenters. The van der Waals surface area contributed by atoms with Gasteiger partial charge in [-0.1, -0.05) is 37.4 Å². The van der Waals surface area contributed by atoms with Gasteiger partial charge in [-0.25, -0.2) is 9.78 Å². The van der Waals surface area contributed by atoms with Crippen molar-refractivity contribution >= 4 is 28.6 Å². The second kappa shape index (κ2) is 10.9. The van der Waals surface area contributed by atoms with Crippen molar-refractivity contribution in [1.82, 2.24) is 14.5 Å². The van der Waals surface area contributed by atoms with Crippen molar-refractivity contribution in [2.45, 2.75) is 13.8 Å². The minimum Gasteiger partial charge on any atom is -0.450 e. The Morgan fingerprint density at radius 1 is 1.14 bits per heavy atom. The second-order valence-electron chi connectivity index (χ2n) is 8.41. The summed E-state index contributed by atoms with van der Waals surface area (Å²) in [4.78, 5) is 34.3. The third-order valence-corrected chi connectivity index (χ3v) is 6.01. The van der Waals surface area contributed by atoms with Gasteiger partial charge < -0.3 is 19.9 Å². The summed E-state index contributed by atoms with van der Waals surface area (Å²) in [6, 6.07) is 13.4. The number of nitrogens with zero attached hydrogens (tertiary/aromatic N) is 4. The molecule has 3 heterocycles. The smallest absolute Gasteiger partial charge is 0.409 e. The first kappa shape index (κ1) is 24.8. The van der Waals surface area contributed by atoms with E-state index in [1.165, 1.54) is 0 Å². The number of hydrogen-bond donors (Lipinski definition) is 1. The summed E-state index contributed by atoms with van der Waals surface area (Å²) >= 11 is 0. The number of carbonyl (C=O) groups is 1. The molecular formula is C28H31N5O3. The van der Waals surface area contributed by atoms with E-state index in [1.807, 2.05) is 47.9 Å². The number of pyridine rings is 2. The molecule has 1 aromatic carbocycles. The molecule has 8 heteroatoms. The third-order valence-electron chi connectivity index (χ3n) is 6.01. The highest BCUT2D eigenvalue weighted by Crippen LogP contribution is 2.30. The molecule has 0 saturated carbocycles. The van der Waals surface area contributed by atoms with Crippen LogP contribution in [0.4, 0.5) is 16.4 Å². The second-order valence-corrected chi connectivity index (χ2v) is 8.41. The maximum atomic E-state index is 13.6. The molecule has 3 aromatic rings. The highest BCUT2D eigenvalue weighted by atomic mass is 16.6. The van der Waals surface area contributed by atoms with E-state index in [0.717, 1.165) is 22.6 Å². The maximum absolute atomic E-state index is 13.6. The quantitative estimate of drug-likeness (QED) is 0.491. The first-order valence-electron chi connectivity index (χ1n) is 12.0. The van der Waals surface area contributed by atoms with Crippen molar-refractivity contribution in [2.24, 2.45) is 0 Å². The molecular weight excluding hydrogens is 454 g/mol. The van der Waals surface area contributed by atoms with Crippen molar-refractivity contribution in [2.75, 3.05) is 43.0 Å². The molecule has 0 aliphatic carbocycles. The fourth-order valence-corrected chi connectivity index (χ4v) is 4.37. The van der Waals surface area contributed by atoms with Crippen LogP contribution in [0.25, 0.3) is 16.6 Å². The zero-order valence-electron chi connectivity index (χ0n) is 20.7. The van der Waals surface area contributed by atoms with E-state index in [1.54, 1.807) is 36.1 Å². The van der Waals surface area contributed by atoms with E-state index in [9.17, 15) is 9.59 Å². The summed E-state index contributed by atoms with van der Waals surface area (Å²) in [7, 11) is 0. The first-order chi connectivity index (χ1) is 17.5. The Morgan fingerprint density at radius 2 is 1.86 bits per heavy atom. The Morgan fingerprint density at radius 3 is 2.50 bits per heavy atom. The van der Waals surface area contributed by atoms with Crippen LogP contribution in [0.15, 0.2) is 84.3 Å². The number of hydrogen-bond acceptors (Lipinski definition) is 6. The van der Waals surface area contributed by atoms with Crippen LogP contribution in [-0.4, -0.2) is 53.3 Å². The van der Waals surface area contributed by atoms with Gasteiger partial charge >= 0.3 is 6.09 Å². The minimum absolute atomic E-state index is 0.142. The van der Waals surface area contributed by atoms with Crippen LogP contribution in [0.1, 0.15) is 12.6 Å². The highest BCUT2D eigenvalue weighted by Gasteiger charge is 2.26. The van der Waals surface area contributed by atoms with Crippen molar-refractivity contribution in [3.05, 3.63) is 95.5 Å². The zero-order chi connectivity index (χ0) is 25.7. The Balaban J connectivity index is 1.86. The lowest BCUT2D eigenvalue weighted by molar-refractivity contribution is 0.105. The van der Waals surface area contributed by atoms with Gasteiger partial charge in [0.1, 0.15) is 11.6 Å². The van der Waals surface area contributed by atoms with Gasteiger partial charge in [-0.2, -0.15) is 0 Å². The maximum Gasteiger partial charge on any atom is 0.409 e. The molecule has 1 aliphatic rings. The van der Waals surface area contributed by atoms with E-state index in [0.29, 0.717) is 49.8 Å². The molecule has 0 bridgehead atoms. The van der Waals surface area contributed by atoms with E-state index in [-0.39, 0.29) is 11.5 Å². The number of rotatable bonds is 7. The normalized spacial score (nSPS) is 14.0. The number of carbonyl (C=O) groups excluding carboxylic acids is 1. The summed E-state index contributed by atoms with van der Waals surface area (Å²) in [5.74, 6) is 1.23. The standard InChI is InChI=1S/C28H31N5O3/c1-5-11-21(6-2)30-25-19-24(34)26-23(33(25)22-12-9-8-10-13-22)18-20(4)29-27(26)31-14-16-32(17-15-31)28(35)36-7-3/h5-6,8-13,18-19,30H,1-2,7,14-17H2,3-4H3/b21-11+. The van der Waals surface area contributed by atoms with Crippen LogP contribution in [-0.2, 0) is 4.74 Å². The number of fused-ring (bicyclic) bond motifs is 1. The summed E-state index contributed by atoms with van der Waals surface area (Å²) in [5.41, 5.74) is 3.01. The molecule has 4 rings (SSSR count). The molecule has 1 N–H and O–H groups in total. The van der Waals surface area contributed by atoms with Crippen LogP contribution in [0.5, 0.6) is 0 Å². The number of anilines is 2. The third kappa shape index (κ3) is 5.02. The molecule has 0 atom stereocenters. The summed E-state index contributed by atoms with van der Waals surface area (Å²) in [5, 5.41) is 3.86. The van der Waals surface area contributed by atoms with Crippen LogP contribution in [0.2, 0.25) is 0 Å². The molecule has 186 valence electrons. The average Bonchev–Trinajstić information content (AvgIpc) is 2.88. The first-order valence-corrected chi connectivity index (χ1v) is 12.0. The molecule has 1 aliphatic heterocycles. The average molecular weight is 486 g/mol. The monoisotopic (exact) mass is 485 g/mol. The molecule has 8 nitrogen and oxygen atoms in total. The molecule has 0 radical (unpaired) electrons. The summed E-state index contributed by atoms with van der Waals surface area (Å²) in [6.45, 7) is 13.8. The van der Waals surface area contributed by atoms with E-state index in [4.69, 9.17) is 9.72 Å². The molecule has 1 saturated heterocycles.